The summed E-state index contributed by atoms with van der Waals surface area (Å²) < 4.78 is 9.99. The SMILES string of the molecule is COCc1ccc(COC)cc1.c1ccccc1. The largest absolute Gasteiger partial charge is 0.380 e. The van der Waals surface area contributed by atoms with E-state index in [0.29, 0.717) is 13.2 Å². The molecule has 0 atom stereocenters. The van der Waals surface area contributed by atoms with Crippen LogP contribution in [0.4, 0.5) is 0 Å². The monoisotopic (exact) mass is 244 g/mol. The Kier molecular flexibility index (Phi) is 7.53. The molecule has 0 N–H and O–H groups in total. The van der Waals surface area contributed by atoms with Crippen LogP contribution >= 0.6 is 0 Å². The Morgan fingerprint density at radius 1 is 0.611 bits per heavy atom. The van der Waals surface area contributed by atoms with Crippen LogP contribution in [0.2, 0.25) is 0 Å². The van der Waals surface area contributed by atoms with Gasteiger partial charge in [0.2, 0.25) is 0 Å². The molecule has 0 aliphatic carbocycles. The summed E-state index contributed by atoms with van der Waals surface area (Å²) in [6, 6.07) is 20.2. The van der Waals surface area contributed by atoms with Crippen molar-refractivity contribution in [1.29, 1.82) is 0 Å². The van der Waals surface area contributed by atoms with Crippen LogP contribution in [0.1, 0.15) is 11.1 Å². The van der Waals surface area contributed by atoms with Crippen LogP contribution in [-0.4, -0.2) is 14.2 Å². The van der Waals surface area contributed by atoms with Gasteiger partial charge in [0.15, 0.2) is 0 Å². The number of benzene rings is 2. The van der Waals surface area contributed by atoms with E-state index in [1.54, 1.807) is 14.2 Å². The Balaban J connectivity index is 0.000000225. The molecule has 0 aliphatic heterocycles. The summed E-state index contributed by atoms with van der Waals surface area (Å²) in [6.07, 6.45) is 0. The molecule has 0 spiro atoms. The first-order valence-corrected chi connectivity index (χ1v) is 5.92. The van der Waals surface area contributed by atoms with Gasteiger partial charge in [-0.2, -0.15) is 0 Å². The van der Waals surface area contributed by atoms with Crippen molar-refractivity contribution in [2.45, 2.75) is 13.2 Å². The van der Waals surface area contributed by atoms with E-state index in [1.165, 1.54) is 11.1 Å². The van der Waals surface area contributed by atoms with Crippen LogP contribution in [0, 0.1) is 0 Å². The van der Waals surface area contributed by atoms with Gasteiger partial charge in [0.05, 0.1) is 13.2 Å². The van der Waals surface area contributed by atoms with Gasteiger partial charge in [0.25, 0.3) is 0 Å². The molecule has 18 heavy (non-hydrogen) atoms. The summed E-state index contributed by atoms with van der Waals surface area (Å²) in [5.74, 6) is 0. The third-order valence-corrected chi connectivity index (χ3v) is 2.31. The standard InChI is InChI=1S/C10H14O2.C6H6/c1-11-7-9-3-5-10(6-4-9)8-12-2;1-2-4-6-5-3-1/h3-6H,7-8H2,1-2H3;1-6H. The molecule has 0 bridgehead atoms. The molecule has 0 amide bonds. The molecular weight excluding hydrogens is 224 g/mol. The first-order chi connectivity index (χ1) is 8.86. The maximum Gasteiger partial charge on any atom is 0.0713 e. The number of methoxy groups -OCH3 is 2. The zero-order chi connectivity index (χ0) is 13.1. The molecule has 0 aromatic heterocycles. The van der Waals surface area contributed by atoms with Crippen LogP contribution in [0.25, 0.3) is 0 Å². The highest BCUT2D eigenvalue weighted by Gasteiger charge is 1.92. The molecule has 0 fully saturated rings. The molecule has 2 rings (SSSR count). The van der Waals surface area contributed by atoms with Gasteiger partial charge in [0.1, 0.15) is 0 Å². The second-order valence-corrected chi connectivity index (χ2v) is 3.84. The van der Waals surface area contributed by atoms with Gasteiger partial charge in [-0.1, -0.05) is 60.7 Å². The zero-order valence-electron chi connectivity index (χ0n) is 11.0. The maximum atomic E-state index is 5.00. The van der Waals surface area contributed by atoms with Crippen LogP contribution in [0.5, 0.6) is 0 Å². The highest BCUT2D eigenvalue weighted by molar-refractivity contribution is 5.21. The lowest BCUT2D eigenvalue weighted by molar-refractivity contribution is 0.182. The van der Waals surface area contributed by atoms with Gasteiger partial charge in [-0.3, -0.25) is 0 Å². The molecule has 2 nitrogen and oxygen atoms in total. The van der Waals surface area contributed by atoms with Crippen molar-refractivity contribution >= 4 is 0 Å². The number of hydrogen-bond donors (Lipinski definition) is 0. The number of ether oxygens (including phenoxy) is 2. The molecule has 0 unspecified atom stereocenters. The molecule has 2 heteroatoms. The van der Waals surface area contributed by atoms with Crippen molar-refractivity contribution in [2.75, 3.05) is 14.2 Å². The zero-order valence-corrected chi connectivity index (χ0v) is 11.0. The fourth-order valence-corrected chi connectivity index (χ4v) is 1.45. The van der Waals surface area contributed by atoms with E-state index in [2.05, 4.69) is 24.3 Å². The van der Waals surface area contributed by atoms with Gasteiger partial charge < -0.3 is 9.47 Å². The molecular formula is C16H20O2. The average molecular weight is 244 g/mol. The van der Waals surface area contributed by atoms with E-state index in [1.807, 2.05) is 36.4 Å². The Labute approximate surface area is 109 Å². The molecule has 0 saturated heterocycles. The average Bonchev–Trinajstić information content (AvgIpc) is 2.44. The first kappa shape index (κ1) is 14.4. The summed E-state index contributed by atoms with van der Waals surface area (Å²) >= 11 is 0. The predicted octanol–water partition coefficient (Wildman–Crippen LogP) is 3.67. The third-order valence-electron chi connectivity index (χ3n) is 2.31. The number of hydrogen-bond acceptors (Lipinski definition) is 2. The van der Waals surface area contributed by atoms with Crippen molar-refractivity contribution < 1.29 is 9.47 Å². The Hall–Kier alpha value is -1.64. The second kappa shape index (κ2) is 9.40. The van der Waals surface area contributed by atoms with E-state index in [9.17, 15) is 0 Å². The van der Waals surface area contributed by atoms with Gasteiger partial charge in [0, 0.05) is 14.2 Å². The molecule has 2 aromatic carbocycles. The lowest BCUT2D eigenvalue weighted by Gasteiger charge is -2.01. The Morgan fingerprint density at radius 2 is 0.889 bits per heavy atom. The highest BCUT2D eigenvalue weighted by Crippen LogP contribution is 2.05. The molecule has 0 aliphatic rings. The fourth-order valence-electron chi connectivity index (χ4n) is 1.45. The maximum absolute atomic E-state index is 5.00. The van der Waals surface area contributed by atoms with Gasteiger partial charge in [-0.25, -0.2) is 0 Å². The summed E-state index contributed by atoms with van der Waals surface area (Å²) in [4.78, 5) is 0. The van der Waals surface area contributed by atoms with Crippen LogP contribution < -0.4 is 0 Å². The normalized spacial score (nSPS) is 9.44. The molecule has 96 valence electrons. The van der Waals surface area contributed by atoms with Crippen LogP contribution in [-0.2, 0) is 22.7 Å². The summed E-state index contributed by atoms with van der Waals surface area (Å²) in [6.45, 7) is 1.35. The molecule has 2 aromatic rings. The third kappa shape index (κ3) is 6.18. The van der Waals surface area contributed by atoms with Crippen molar-refractivity contribution in [3.05, 3.63) is 71.8 Å². The summed E-state index contributed by atoms with van der Waals surface area (Å²) in [7, 11) is 3.39. The summed E-state index contributed by atoms with van der Waals surface area (Å²) in [5, 5.41) is 0. The first-order valence-electron chi connectivity index (χ1n) is 5.92. The number of rotatable bonds is 4. The van der Waals surface area contributed by atoms with E-state index in [4.69, 9.17) is 9.47 Å². The van der Waals surface area contributed by atoms with Crippen LogP contribution in [0.15, 0.2) is 60.7 Å². The minimum atomic E-state index is 0.674. The quantitative estimate of drug-likeness (QED) is 0.817. The van der Waals surface area contributed by atoms with E-state index in [-0.39, 0.29) is 0 Å². The minimum Gasteiger partial charge on any atom is -0.380 e. The Bertz CT molecular complexity index is 343. The van der Waals surface area contributed by atoms with E-state index < -0.39 is 0 Å². The van der Waals surface area contributed by atoms with Crippen molar-refractivity contribution in [2.24, 2.45) is 0 Å². The molecule has 0 radical (unpaired) electrons. The van der Waals surface area contributed by atoms with E-state index >= 15 is 0 Å². The van der Waals surface area contributed by atoms with Crippen molar-refractivity contribution in [3.63, 3.8) is 0 Å². The summed E-state index contributed by atoms with van der Waals surface area (Å²) in [5.41, 5.74) is 2.38. The lowest BCUT2D eigenvalue weighted by atomic mass is 10.1. The lowest BCUT2D eigenvalue weighted by Crippen LogP contribution is -1.90. The molecule has 0 heterocycles. The van der Waals surface area contributed by atoms with Gasteiger partial charge in [-0.05, 0) is 11.1 Å². The Morgan fingerprint density at radius 3 is 1.11 bits per heavy atom. The topological polar surface area (TPSA) is 18.5 Å². The molecule has 0 saturated carbocycles. The van der Waals surface area contributed by atoms with Crippen molar-refractivity contribution in [3.8, 4) is 0 Å². The predicted molar refractivity (Wildman–Crippen MR) is 74.3 cm³/mol. The van der Waals surface area contributed by atoms with Gasteiger partial charge in [-0.15, -0.1) is 0 Å². The minimum absolute atomic E-state index is 0.674. The van der Waals surface area contributed by atoms with Gasteiger partial charge >= 0.3 is 0 Å². The van der Waals surface area contributed by atoms with Crippen LogP contribution in [0.3, 0.4) is 0 Å². The fraction of sp³-hybridized carbons (Fsp3) is 0.250. The second-order valence-electron chi connectivity index (χ2n) is 3.84. The smallest absolute Gasteiger partial charge is 0.0713 e. The van der Waals surface area contributed by atoms with Crippen molar-refractivity contribution in [1.82, 2.24) is 0 Å². The highest BCUT2D eigenvalue weighted by atomic mass is 16.5. The van der Waals surface area contributed by atoms with E-state index in [0.717, 1.165) is 0 Å².